The molecule has 3 nitrogen and oxygen atoms in total. The van der Waals surface area contributed by atoms with Crippen molar-refractivity contribution in [2.75, 3.05) is 6.61 Å². The summed E-state index contributed by atoms with van der Waals surface area (Å²) in [6.07, 6.45) is 6.65. The van der Waals surface area contributed by atoms with Gasteiger partial charge in [0.25, 0.3) is 0 Å². The van der Waals surface area contributed by atoms with Gasteiger partial charge in [0.1, 0.15) is 5.75 Å². The van der Waals surface area contributed by atoms with Gasteiger partial charge in [0, 0.05) is 16.6 Å². The van der Waals surface area contributed by atoms with E-state index < -0.39 is 6.10 Å². The van der Waals surface area contributed by atoms with Gasteiger partial charge in [-0.1, -0.05) is 13.0 Å². The van der Waals surface area contributed by atoms with Gasteiger partial charge in [-0.3, -0.25) is 4.98 Å². The summed E-state index contributed by atoms with van der Waals surface area (Å²) in [7, 11) is 0. The van der Waals surface area contributed by atoms with Gasteiger partial charge in [0.05, 0.1) is 18.9 Å². The van der Waals surface area contributed by atoms with E-state index in [1.807, 2.05) is 6.07 Å². The molecule has 20 heavy (non-hydrogen) atoms. The van der Waals surface area contributed by atoms with Crippen LogP contribution in [0.1, 0.15) is 42.7 Å². The molecule has 2 rings (SSSR count). The number of rotatable bonds is 8. The Kier molecular flexibility index (Phi) is 6.02. The zero-order chi connectivity index (χ0) is 14.2. The lowest BCUT2D eigenvalue weighted by atomic mass is 10.1. The summed E-state index contributed by atoms with van der Waals surface area (Å²) in [5, 5.41) is 12.3. The molecule has 2 heterocycles. The molecule has 0 aliphatic heterocycles. The van der Waals surface area contributed by atoms with Crippen LogP contribution in [-0.2, 0) is 6.42 Å². The molecule has 0 spiro atoms. The number of aliphatic hydroxyl groups is 1. The molecule has 1 N–H and O–H groups in total. The van der Waals surface area contributed by atoms with E-state index in [0.717, 1.165) is 37.0 Å². The first-order valence-corrected chi connectivity index (χ1v) is 7.95. The van der Waals surface area contributed by atoms with Crippen molar-refractivity contribution in [2.24, 2.45) is 0 Å². The Hall–Kier alpha value is -1.39. The number of aliphatic hydroxyl groups excluding tert-OH is 1. The van der Waals surface area contributed by atoms with Crippen molar-refractivity contribution < 1.29 is 9.84 Å². The summed E-state index contributed by atoms with van der Waals surface area (Å²) in [5.74, 6) is 0.738. The summed E-state index contributed by atoms with van der Waals surface area (Å²) >= 11 is 1.77. The van der Waals surface area contributed by atoms with Gasteiger partial charge in [0.2, 0.25) is 0 Å². The molecule has 4 heteroatoms. The van der Waals surface area contributed by atoms with Crippen molar-refractivity contribution >= 4 is 11.3 Å². The summed E-state index contributed by atoms with van der Waals surface area (Å²) in [4.78, 5) is 5.50. The number of nitrogens with zero attached hydrogens (tertiary/aromatic N) is 1. The lowest BCUT2D eigenvalue weighted by Gasteiger charge is -2.12. The molecular weight excluding hydrogens is 270 g/mol. The van der Waals surface area contributed by atoms with E-state index in [-0.39, 0.29) is 0 Å². The third-order valence-corrected chi connectivity index (χ3v) is 4.01. The van der Waals surface area contributed by atoms with Gasteiger partial charge >= 0.3 is 0 Å². The molecule has 1 unspecified atom stereocenters. The minimum Gasteiger partial charge on any atom is -0.492 e. The average molecular weight is 291 g/mol. The Bertz CT molecular complexity index is 499. The molecule has 0 aromatic carbocycles. The maximum Gasteiger partial charge on any atom is 0.137 e. The Morgan fingerprint density at radius 2 is 2.30 bits per heavy atom. The summed E-state index contributed by atoms with van der Waals surface area (Å²) in [5.41, 5.74) is 0.838. The van der Waals surface area contributed by atoms with E-state index in [1.165, 1.54) is 4.88 Å². The highest BCUT2D eigenvalue weighted by molar-refractivity contribution is 7.09. The van der Waals surface area contributed by atoms with Crippen molar-refractivity contribution in [3.63, 3.8) is 0 Å². The quantitative estimate of drug-likeness (QED) is 0.799. The first kappa shape index (κ1) is 15.0. The van der Waals surface area contributed by atoms with Gasteiger partial charge in [-0.15, -0.1) is 11.3 Å². The van der Waals surface area contributed by atoms with Gasteiger partial charge in [-0.25, -0.2) is 0 Å². The molecule has 108 valence electrons. The van der Waals surface area contributed by atoms with Crippen molar-refractivity contribution in [3.05, 3.63) is 46.4 Å². The summed E-state index contributed by atoms with van der Waals surface area (Å²) < 4.78 is 5.54. The minimum atomic E-state index is -0.465. The normalized spacial score (nSPS) is 12.3. The molecule has 0 saturated carbocycles. The van der Waals surface area contributed by atoms with Crippen LogP contribution in [0.3, 0.4) is 0 Å². The Labute approximate surface area is 124 Å². The van der Waals surface area contributed by atoms with Crippen LogP contribution in [0.4, 0.5) is 0 Å². The molecule has 2 aromatic rings. The molecule has 0 radical (unpaired) electrons. The second-order valence-electron chi connectivity index (χ2n) is 4.79. The van der Waals surface area contributed by atoms with Crippen molar-refractivity contribution in [2.45, 2.75) is 38.7 Å². The van der Waals surface area contributed by atoms with E-state index in [2.05, 4.69) is 29.4 Å². The number of hydrogen-bond donors (Lipinski definition) is 1. The Balaban J connectivity index is 1.83. The van der Waals surface area contributed by atoms with E-state index in [1.54, 1.807) is 23.7 Å². The van der Waals surface area contributed by atoms with E-state index in [9.17, 15) is 5.11 Å². The van der Waals surface area contributed by atoms with Gasteiger partial charge in [-0.2, -0.15) is 0 Å². The highest BCUT2D eigenvalue weighted by Gasteiger charge is 2.09. The number of aromatic nitrogens is 1. The average Bonchev–Trinajstić information content (AvgIpc) is 2.98. The van der Waals surface area contributed by atoms with Crippen LogP contribution < -0.4 is 4.74 Å². The first-order chi connectivity index (χ1) is 9.79. The van der Waals surface area contributed by atoms with Crippen LogP contribution >= 0.6 is 11.3 Å². The molecule has 0 amide bonds. The van der Waals surface area contributed by atoms with Gasteiger partial charge in [-0.05, 0) is 43.2 Å². The predicted octanol–water partition coefficient (Wildman–Crippen LogP) is 3.99. The third-order valence-electron chi connectivity index (χ3n) is 3.07. The van der Waals surface area contributed by atoms with Crippen LogP contribution in [-0.4, -0.2) is 16.7 Å². The molecule has 2 aromatic heterocycles. The van der Waals surface area contributed by atoms with Crippen molar-refractivity contribution in [1.82, 2.24) is 4.98 Å². The largest absolute Gasteiger partial charge is 0.492 e. The van der Waals surface area contributed by atoms with E-state index >= 15 is 0 Å². The first-order valence-electron chi connectivity index (χ1n) is 7.07. The molecular formula is C16H21NO2S. The number of ether oxygens (including phenoxy) is 1. The van der Waals surface area contributed by atoms with Crippen molar-refractivity contribution in [1.29, 1.82) is 0 Å². The Morgan fingerprint density at radius 1 is 1.40 bits per heavy atom. The standard InChI is InChI=1S/C16H21NO2S/c1-2-8-19-14-10-13(11-17-12-14)16(18)7-3-5-15-6-4-9-20-15/h4,6,9-12,16,18H,2-3,5,7-8H2,1H3. The Morgan fingerprint density at radius 3 is 3.05 bits per heavy atom. The summed E-state index contributed by atoms with van der Waals surface area (Å²) in [6.45, 7) is 2.75. The minimum absolute atomic E-state index is 0.465. The topological polar surface area (TPSA) is 42.4 Å². The zero-order valence-electron chi connectivity index (χ0n) is 11.8. The molecule has 0 saturated heterocycles. The molecule has 1 atom stereocenters. The SMILES string of the molecule is CCCOc1cncc(C(O)CCCc2cccs2)c1. The number of pyridine rings is 1. The second-order valence-corrected chi connectivity index (χ2v) is 5.82. The monoisotopic (exact) mass is 291 g/mol. The second kappa shape index (κ2) is 8.02. The van der Waals surface area contributed by atoms with Gasteiger partial charge in [0.15, 0.2) is 0 Å². The fraction of sp³-hybridized carbons (Fsp3) is 0.438. The number of aryl methyl sites for hydroxylation is 1. The molecule has 0 fully saturated rings. The lowest BCUT2D eigenvalue weighted by Crippen LogP contribution is -2.01. The fourth-order valence-corrected chi connectivity index (χ4v) is 2.76. The van der Waals surface area contributed by atoms with Crippen LogP contribution in [0.15, 0.2) is 36.0 Å². The molecule has 0 aliphatic carbocycles. The van der Waals surface area contributed by atoms with Crippen molar-refractivity contribution in [3.8, 4) is 5.75 Å². The van der Waals surface area contributed by atoms with Crippen LogP contribution in [0.2, 0.25) is 0 Å². The smallest absolute Gasteiger partial charge is 0.137 e. The molecule has 0 bridgehead atoms. The van der Waals surface area contributed by atoms with Crippen LogP contribution in [0, 0.1) is 0 Å². The lowest BCUT2D eigenvalue weighted by molar-refractivity contribution is 0.164. The number of thiophene rings is 1. The van der Waals surface area contributed by atoms with Crippen LogP contribution in [0.25, 0.3) is 0 Å². The van der Waals surface area contributed by atoms with E-state index in [4.69, 9.17) is 4.74 Å². The third kappa shape index (κ3) is 4.62. The zero-order valence-corrected chi connectivity index (χ0v) is 12.6. The maximum absolute atomic E-state index is 10.2. The maximum atomic E-state index is 10.2. The fourth-order valence-electron chi connectivity index (χ4n) is 2.01. The predicted molar refractivity (Wildman–Crippen MR) is 82.2 cm³/mol. The summed E-state index contributed by atoms with van der Waals surface area (Å²) in [6, 6.07) is 6.09. The highest BCUT2D eigenvalue weighted by Crippen LogP contribution is 2.23. The number of hydrogen-bond acceptors (Lipinski definition) is 4. The van der Waals surface area contributed by atoms with Crippen LogP contribution in [0.5, 0.6) is 5.75 Å². The highest BCUT2D eigenvalue weighted by atomic mass is 32.1. The van der Waals surface area contributed by atoms with Gasteiger partial charge < -0.3 is 9.84 Å². The molecule has 0 aliphatic rings. The van der Waals surface area contributed by atoms with E-state index in [0.29, 0.717) is 6.61 Å².